The first kappa shape index (κ1) is 29.0. The van der Waals surface area contributed by atoms with E-state index in [4.69, 9.17) is 21.8 Å². The number of halogens is 2. The van der Waals surface area contributed by atoms with Crippen LogP contribution in [0.15, 0.2) is 84.5 Å². The zero-order chi connectivity index (χ0) is 28.9. The molecule has 3 N–H and O–H groups in total. The summed E-state index contributed by atoms with van der Waals surface area (Å²) in [5, 5.41) is 21.9. The van der Waals surface area contributed by atoms with Gasteiger partial charge in [0.25, 0.3) is 5.91 Å². The third kappa shape index (κ3) is 6.24. The minimum atomic E-state index is -1.26. The summed E-state index contributed by atoms with van der Waals surface area (Å²) < 4.78 is 13.6. The van der Waals surface area contributed by atoms with E-state index in [9.17, 15) is 18.8 Å². The van der Waals surface area contributed by atoms with Crippen LogP contribution in [0.4, 0.5) is 4.39 Å². The average molecular weight is 565 g/mol. The van der Waals surface area contributed by atoms with Gasteiger partial charge in [-0.25, -0.2) is 14.0 Å². The maximum absolute atomic E-state index is 13.8. The van der Waals surface area contributed by atoms with Crippen molar-refractivity contribution in [3.63, 3.8) is 0 Å². The molecule has 0 aliphatic carbocycles. The van der Waals surface area contributed by atoms with Gasteiger partial charge in [0, 0.05) is 34.7 Å². The molecule has 2 aliphatic heterocycles. The molecule has 208 valence electrons. The zero-order valence-corrected chi connectivity index (χ0v) is 22.7. The predicted molar refractivity (Wildman–Crippen MR) is 152 cm³/mol. The second kappa shape index (κ2) is 12.4. The summed E-state index contributed by atoms with van der Waals surface area (Å²) in [5.41, 5.74) is 2.52. The molecule has 0 aromatic heterocycles. The monoisotopic (exact) mass is 564 g/mol. The number of rotatable bonds is 6. The number of nitrogens with one attached hydrogen (secondary N) is 1. The van der Waals surface area contributed by atoms with Crippen molar-refractivity contribution in [3.05, 3.63) is 106 Å². The fourth-order valence-electron chi connectivity index (χ4n) is 5.54. The summed E-state index contributed by atoms with van der Waals surface area (Å²) in [7, 11) is 0. The van der Waals surface area contributed by atoms with Crippen LogP contribution in [0.1, 0.15) is 36.9 Å². The first-order valence-corrected chi connectivity index (χ1v) is 13.3. The highest BCUT2D eigenvalue weighted by Gasteiger charge is 2.45. The first-order chi connectivity index (χ1) is 19.1. The summed E-state index contributed by atoms with van der Waals surface area (Å²) in [6.45, 7) is 4.29. The third-order valence-corrected chi connectivity index (χ3v) is 7.72. The van der Waals surface area contributed by atoms with Gasteiger partial charge in [-0.2, -0.15) is 0 Å². The molecule has 1 fully saturated rings. The molecular formula is C31H30ClFN2O5. The Balaban J connectivity index is 0.000000406. The number of benzene rings is 3. The number of carbonyl (C=O) groups is 3. The Labute approximate surface area is 236 Å². The van der Waals surface area contributed by atoms with Crippen molar-refractivity contribution >= 4 is 40.2 Å². The van der Waals surface area contributed by atoms with Crippen LogP contribution in [0.25, 0.3) is 10.8 Å². The fourth-order valence-corrected chi connectivity index (χ4v) is 5.78. The van der Waals surface area contributed by atoms with Crippen molar-refractivity contribution in [2.24, 2.45) is 0 Å². The highest BCUT2D eigenvalue weighted by molar-refractivity contribution is 6.31. The Morgan fingerprint density at radius 1 is 1.02 bits per heavy atom. The van der Waals surface area contributed by atoms with Gasteiger partial charge in [0.1, 0.15) is 5.82 Å². The number of carboxylic acid groups (broad SMARTS) is 2. The van der Waals surface area contributed by atoms with Crippen molar-refractivity contribution < 1.29 is 29.0 Å². The lowest BCUT2D eigenvalue weighted by molar-refractivity contribution is -0.134. The van der Waals surface area contributed by atoms with Crippen molar-refractivity contribution in [3.8, 4) is 0 Å². The molecule has 1 amide bonds. The van der Waals surface area contributed by atoms with E-state index < -0.39 is 11.9 Å². The van der Waals surface area contributed by atoms with Crippen LogP contribution in [0.5, 0.6) is 0 Å². The van der Waals surface area contributed by atoms with Crippen molar-refractivity contribution in [2.45, 2.75) is 31.2 Å². The Hall–Kier alpha value is -4.01. The number of carbonyl (C=O) groups excluding carboxylic acids is 1. The lowest BCUT2D eigenvalue weighted by atomic mass is 9.68. The molecule has 0 radical (unpaired) electrons. The topological polar surface area (TPSA) is 107 Å². The number of amides is 1. The number of aliphatic carboxylic acids is 2. The summed E-state index contributed by atoms with van der Waals surface area (Å²) in [5.74, 6) is -2.71. The smallest absolute Gasteiger partial charge is 0.328 e. The molecule has 5 rings (SSSR count). The molecule has 0 spiro atoms. The standard InChI is InChI=1S/C27H26ClFN2O.C4H4O4/c1-18(24-17-21(28)16-19-4-2-3-5-23(19)24)31-15-10-25(26(31)32)27(11-13-30-14-12-27)20-6-8-22(29)9-7-20;5-3(6)1-2-4(7)8/h2-10,16-18,30H,11-15H2,1H3;1-2H,(H,5,6)(H,7,8)/b;2-1+/t18-;/m1./s1. The van der Waals surface area contributed by atoms with Gasteiger partial charge >= 0.3 is 11.9 Å². The Morgan fingerprint density at radius 3 is 2.27 bits per heavy atom. The van der Waals surface area contributed by atoms with Crippen LogP contribution < -0.4 is 5.32 Å². The van der Waals surface area contributed by atoms with E-state index in [1.807, 2.05) is 47.4 Å². The Bertz CT molecular complexity index is 1460. The molecule has 3 aromatic rings. The SMILES string of the molecule is C[C@H](c1cc(Cl)cc2ccccc12)N1CC=C(C2(c3ccc(F)cc3)CCNCC2)C1=O.O=C(O)/C=C/C(=O)O. The number of hydrogen-bond acceptors (Lipinski definition) is 4. The van der Waals surface area contributed by atoms with Gasteiger partial charge < -0.3 is 20.4 Å². The average Bonchev–Trinajstić information content (AvgIpc) is 3.33. The lowest BCUT2D eigenvalue weighted by Crippen LogP contribution is -2.44. The van der Waals surface area contributed by atoms with Gasteiger partial charge in [0.05, 0.1) is 6.04 Å². The maximum atomic E-state index is 13.8. The van der Waals surface area contributed by atoms with Gasteiger partial charge in [-0.15, -0.1) is 0 Å². The molecule has 3 aromatic carbocycles. The summed E-state index contributed by atoms with van der Waals surface area (Å²) in [6.07, 6.45) is 4.84. The Morgan fingerprint density at radius 2 is 1.65 bits per heavy atom. The summed E-state index contributed by atoms with van der Waals surface area (Å²) in [6, 6.07) is 18.6. The molecule has 0 unspecified atom stereocenters. The summed E-state index contributed by atoms with van der Waals surface area (Å²) >= 11 is 6.42. The van der Waals surface area contributed by atoms with E-state index in [2.05, 4.69) is 24.4 Å². The van der Waals surface area contributed by atoms with Gasteiger partial charge in [-0.1, -0.05) is 54.1 Å². The minimum absolute atomic E-state index is 0.0628. The largest absolute Gasteiger partial charge is 0.478 e. The highest BCUT2D eigenvalue weighted by atomic mass is 35.5. The van der Waals surface area contributed by atoms with Gasteiger partial charge in [-0.05, 0) is 79.0 Å². The van der Waals surface area contributed by atoms with Crippen molar-refractivity contribution in [1.82, 2.24) is 10.2 Å². The third-order valence-electron chi connectivity index (χ3n) is 7.50. The van der Waals surface area contributed by atoms with E-state index in [1.165, 1.54) is 12.1 Å². The normalized spacial score (nSPS) is 17.3. The summed E-state index contributed by atoms with van der Waals surface area (Å²) in [4.78, 5) is 34.9. The van der Waals surface area contributed by atoms with Gasteiger partial charge in [0.15, 0.2) is 0 Å². The van der Waals surface area contributed by atoms with Gasteiger partial charge in [0.2, 0.25) is 0 Å². The van der Waals surface area contributed by atoms with E-state index in [0.717, 1.165) is 53.4 Å². The van der Waals surface area contributed by atoms with Crippen LogP contribution in [0.3, 0.4) is 0 Å². The van der Waals surface area contributed by atoms with Gasteiger partial charge in [-0.3, -0.25) is 4.79 Å². The fraction of sp³-hybridized carbons (Fsp3) is 0.258. The number of nitrogens with zero attached hydrogens (tertiary/aromatic N) is 1. The van der Waals surface area contributed by atoms with Crippen molar-refractivity contribution in [1.29, 1.82) is 0 Å². The second-order valence-electron chi connectivity index (χ2n) is 9.82. The van der Waals surface area contributed by atoms with Crippen LogP contribution >= 0.6 is 11.6 Å². The first-order valence-electron chi connectivity index (χ1n) is 12.9. The Kier molecular flexibility index (Phi) is 9.02. The number of carboxylic acids is 2. The number of hydrogen-bond donors (Lipinski definition) is 3. The molecule has 40 heavy (non-hydrogen) atoms. The predicted octanol–water partition coefficient (Wildman–Crippen LogP) is 5.50. The van der Waals surface area contributed by atoms with E-state index in [0.29, 0.717) is 23.7 Å². The van der Waals surface area contributed by atoms with Crippen LogP contribution in [-0.2, 0) is 19.8 Å². The number of piperidine rings is 1. The quantitative estimate of drug-likeness (QED) is 0.342. The highest BCUT2D eigenvalue weighted by Crippen LogP contribution is 2.44. The molecular weight excluding hydrogens is 535 g/mol. The van der Waals surface area contributed by atoms with Crippen LogP contribution in [-0.4, -0.2) is 52.6 Å². The van der Waals surface area contributed by atoms with Crippen molar-refractivity contribution in [2.75, 3.05) is 19.6 Å². The van der Waals surface area contributed by atoms with E-state index in [1.54, 1.807) is 0 Å². The number of fused-ring (bicyclic) bond motifs is 1. The molecule has 0 saturated carbocycles. The molecule has 1 saturated heterocycles. The van der Waals surface area contributed by atoms with E-state index >= 15 is 0 Å². The van der Waals surface area contributed by atoms with Crippen LogP contribution in [0, 0.1) is 5.82 Å². The lowest BCUT2D eigenvalue weighted by Gasteiger charge is -2.39. The van der Waals surface area contributed by atoms with E-state index in [-0.39, 0.29) is 23.2 Å². The molecule has 1 atom stereocenters. The molecule has 7 nitrogen and oxygen atoms in total. The minimum Gasteiger partial charge on any atom is -0.478 e. The second-order valence-corrected chi connectivity index (χ2v) is 10.3. The molecule has 0 bridgehead atoms. The van der Waals surface area contributed by atoms with Crippen LogP contribution in [0.2, 0.25) is 5.02 Å². The molecule has 9 heteroatoms. The zero-order valence-electron chi connectivity index (χ0n) is 21.9. The molecule has 2 heterocycles. The molecule has 2 aliphatic rings. The maximum Gasteiger partial charge on any atom is 0.328 e.